The molecule has 1 heterocycles. The lowest BCUT2D eigenvalue weighted by Crippen LogP contribution is -2.50. The lowest BCUT2D eigenvalue weighted by atomic mass is 9.59. The van der Waals surface area contributed by atoms with Gasteiger partial charge in [0.1, 0.15) is 28.8 Å². The summed E-state index contributed by atoms with van der Waals surface area (Å²) in [6.07, 6.45) is 1.32. The minimum Gasteiger partial charge on any atom is -0.497 e. The first-order chi connectivity index (χ1) is 14.0. The van der Waals surface area contributed by atoms with Gasteiger partial charge in [0.25, 0.3) is 0 Å². The topological polar surface area (TPSA) is 118 Å². The highest BCUT2D eigenvalue weighted by Gasteiger charge is 2.62. The molecule has 3 rings (SSSR count). The average molecular weight is 438 g/mol. The normalized spacial score (nSPS) is 23.6. The Morgan fingerprint density at radius 3 is 2.10 bits per heavy atom. The predicted molar refractivity (Wildman–Crippen MR) is 108 cm³/mol. The Hall–Kier alpha value is -2.26. The van der Waals surface area contributed by atoms with Gasteiger partial charge in [-0.3, -0.25) is 14.4 Å². The largest absolute Gasteiger partial charge is 0.497 e. The third kappa shape index (κ3) is 3.43. The molecule has 1 N–H and O–H groups in total. The Morgan fingerprint density at radius 2 is 1.67 bits per heavy atom. The van der Waals surface area contributed by atoms with Crippen molar-refractivity contribution < 1.29 is 32.6 Å². The molecule has 164 valence electrons. The second kappa shape index (κ2) is 7.77. The predicted octanol–water partition coefficient (Wildman–Crippen LogP) is 2.27. The highest BCUT2D eigenvalue weighted by atomic mass is 32.2. The van der Waals surface area contributed by atoms with Crippen LogP contribution in [0.15, 0.2) is 29.2 Å². The molecule has 1 aromatic carbocycles. The van der Waals surface area contributed by atoms with Crippen molar-refractivity contribution in [2.24, 2.45) is 10.8 Å². The standard InChI is InChI=1S/C21H27NO7S/c1-4-20(5-2)11-17(23)21(18(24)12-20)10-16(19(25)26)22(13-21)30(27,28)15-8-6-14(29-3)7-9-15/h6-9,16H,4-5,10-13H2,1-3H3,(H,25,26)/t16-/m1/s1. The van der Waals surface area contributed by atoms with Gasteiger partial charge in [0.05, 0.1) is 12.0 Å². The van der Waals surface area contributed by atoms with Crippen molar-refractivity contribution >= 4 is 27.6 Å². The molecule has 2 aliphatic rings. The highest BCUT2D eigenvalue weighted by molar-refractivity contribution is 7.89. The zero-order valence-corrected chi connectivity index (χ0v) is 18.2. The molecule has 1 atom stereocenters. The van der Waals surface area contributed by atoms with Crippen LogP contribution in [-0.4, -0.2) is 55.1 Å². The van der Waals surface area contributed by atoms with Crippen LogP contribution in [0.25, 0.3) is 0 Å². The molecule has 1 aliphatic heterocycles. The fourth-order valence-corrected chi connectivity index (χ4v) is 6.25. The molecule has 2 fully saturated rings. The van der Waals surface area contributed by atoms with Gasteiger partial charge in [-0.15, -0.1) is 0 Å². The summed E-state index contributed by atoms with van der Waals surface area (Å²) < 4.78 is 32.3. The molecule has 9 heteroatoms. The van der Waals surface area contributed by atoms with Crippen molar-refractivity contribution in [1.29, 1.82) is 0 Å². The van der Waals surface area contributed by atoms with E-state index in [1.54, 1.807) is 0 Å². The average Bonchev–Trinajstić information content (AvgIpc) is 3.15. The van der Waals surface area contributed by atoms with Gasteiger partial charge in [-0.25, -0.2) is 8.42 Å². The van der Waals surface area contributed by atoms with E-state index < -0.39 is 39.4 Å². The number of sulfonamides is 1. The zero-order valence-electron chi connectivity index (χ0n) is 17.4. The van der Waals surface area contributed by atoms with Crippen LogP contribution in [0.5, 0.6) is 5.75 Å². The smallest absolute Gasteiger partial charge is 0.322 e. The number of rotatable bonds is 6. The van der Waals surface area contributed by atoms with E-state index in [1.807, 2.05) is 13.8 Å². The number of carbonyl (C=O) groups excluding carboxylic acids is 2. The molecule has 0 bridgehead atoms. The van der Waals surface area contributed by atoms with Gasteiger partial charge in [-0.2, -0.15) is 4.31 Å². The number of carboxylic acid groups (broad SMARTS) is 1. The Balaban J connectivity index is 2.00. The molecular weight excluding hydrogens is 410 g/mol. The number of hydrogen-bond donors (Lipinski definition) is 1. The quantitative estimate of drug-likeness (QED) is 0.678. The summed E-state index contributed by atoms with van der Waals surface area (Å²) in [7, 11) is -2.78. The molecule has 0 radical (unpaired) electrons. The van der Waals surface area contributed by atoms with E-state index in [-0.39, 0.29) is 35.7 Å². The summed E-state index contributed by atoms with van der Waals surface area (Å²) >= 11 is 0. The van der Waals surface area contributed by atoms with E-state index in [4.69, 9.17) is 4.74 Å². The number of benzene rings is 1. The van der Waals surface area contributed by atoms with Gasteiger partial charge in [-0.05, 0) is 48.9 Å². The monoisotopic (exact) mass is 437 g/mol. The molecule has 30 heavy (non-hydrogen) atoms. The van der Waals surface area contributed by atoms with E-state index in [0.717, 1.165) is 4.31 Å². The first-order valence-electron chi connectivity index (χ1n) is 10.0. The first-order valence-corrected chi connectivity index (χ1v) is 11.4. The van der Waals surface area contributed by atoms with Crippen LogP contribution in [-0.2, 0) is 24.4 Å². The SMILES string of the molecule is CCC1(CC)CC(=O)C2(C[C@H](C(=O)O)N(S(=O)(=O)c3ccc(OC)cc3)C2)C(=O)C1. The summed E-state index contributed by atoms with van der Waals surface area (Å²) in [6, 6.07) is 4.09. The van der Waals surface area contributed by atoms with E-state index in [0.29, 0.717) is 18.6 Å². The van der Waals surface area contributed by atoms with Gasteiger partial charge in [-0.1, -0.05) is 13.8 Å². The van der Waals surface area contributed by atoms with Crippen molar-refractivity contribution in [3.05, 3.63) is 24.3 Å². The highest BCUT2D eigenvalue weighted by Crippen LogP contribution is 2.50. The molecular formula is C21H27NO7S. The Labute approximate surface area is 176 Å². The van der Waals surface area contributed by atoms with E-state index in [1.165, 1.54) is 31.4 Å². The zero-order chi connectivity index (χ0) is 22.3. The van der Waals surface area contributed by atoms with Crippen molar-refractivity contribution in [1.82, 2.24) is 4.31 Å². The maximum atomic E-state index is 13.2. The van der Waals surface area contributed by atoms with Gasteiger partial charge in [0, 0.05) is 19.4 Å². The minimum absolute atomic E-state index is 0.112. The summed E-state index contributed by atoms with van der Waals surface area (Å²) in [4.78, 5) is 38.2. The Kier molecular flexibility index (Phi) is 5.81. The Morgan fingerprint density at radius 1 is 1.13 bits per heavy atom. The summed E-state index contributed by atoms with van der Waals surface area (Å²) in [6.45, 7) is 3.42. The van der Waals surface area contributed by atoms with E-state index in [9.17, 15) is 27.9 Å². The maximum Gasteiger partial charge on any atom is 0.322 e. The number of nitrogens with zero attached hydrogens (tertiary/aromatic N) is 1. The molecule has 1 aromatic rings. The molecule has 0 unspecified atom stereocenters. The number of methoxy groups -OCH3 is 1. The molecule has 8 nitrogen and oxygen atoms in total. The summed E-state index contributed by atoms with van der Waals surface area (Å²) in [5, 5.41) is 9.71. The Bertz CT molecular complexity index is 944. The third-order valence-electron chi connectivity index (χ3n) is 6.90. The van der Waals surface area contributed by atoms with Crippen LogP contribution in [0, 0.1) is 10.8 Å². The van der Waals surface area contributed by atoms with Gasteiger partial charge < -0.3 is 9.84 Å². The fraction of sp³-hybridized carbons (Fsp3) is 0.571. The number of ketones is 2. The van der Waals surface area contributed by atoms with Crippen LogP contribution < -0.4 is 4.74 Å². The first kappa shape index (κ1) is 22.4. The number of carboxylic acids is 1. The second-order valence-corrected chi connectivity index (χ2v) is 10.2. The lowest BCUT2D eigenvalue weighted by molar-refractivity contribution is -0.148. The second-order valence-electron chi connectivity index (χ2n) is 8.27. The molecule has 1 saturated carbocycles. The van der Waals surface area contributed by atoms with Crippen LogP contribution in [0.1, 0.15) is 46.0 Å². The number of hydrogen-bond acceptors (Lipinski definition) is 6. The molecule has 0 amide bonds. The summed E-state index contributed by atoms with van der Waals surface area (Å²) in [5.74, 6) is -1.61. The van der Waals surface area contributed by atoms with Gasteiger partial charge >= 0.3 is 5.97 Å². The fourth-order valence-electron chi connectivity index (χ4n) is 4.61. The number of carbonyl (C=O) groups is 3. The third-order valence-corrected chi connectivity index (χ3v) is 8.77. The molecule has 0 aromatic heterocycles. The van der Waals surface area contributed by atoms with Crippen molar-refractivity contribution in [2.75, 3.05) is 13.7 Å². The van der Waals surface area contributed by atoms with Gasteiger partial charge in [0.15, 0.2) is 0 Å². The van der Waals surface area contributed by atoms with Crippen molar-refractivity contribution in [3.8, 4) is 5.75 Å². The van der Waals surface area contributed by atoms with Gasteiger partial charge in [0.2, 0.25) is 10.0 Å². The van der Waals surface area contributed by atoms with Crippen molar-refractivity contribution in [2.45, 2.75) is 56.9 Å². The van der Waals surface area contributed by atoms with E-state index in [2.05, 4.69) is 0 Å². The molecule has 1 saturated heterocycles. The molecule has 1 aliphatic carbocycles. The maximum absolute atomic E-state index is 13.2. The van der Waals surface area contributed by atoms with Crippen LogP contribution in [0.2, 0.25) is 0 Å². The number of ether oxygens (including phenoxy) is 1. The molecule has 1 spiro atoms. The number of Topliss-reactive ketones (excluding diaryl/α,β-unsaturated/α-hetero) is 2. The lowest BCUT2D eigenvalue weighted by Gasteiger charge is -2.41. The summed E-state index contributed by atoms with van der Waals surface area (Å²) in [5.41, 5.74) is -2.02. The number of aliphatic carboxylic acids is 1. The van der Waals surface area contributed by atoms with Crippen LogP contribution in [0.4, 0.5) is 0 Å². The van der Waals surface area contributed by atoms with E-state index >= 15 is 0 Å². The van der Waals surface area contributed by atoms with Crippen molar-refractivity contribution in [3.63, 3.8) is 0 Å². The van der Waals surface area contributed by atoms with Crippen LogP contribution in [0.3, 0.4) is 0 Å². The van der Waals surface area contributed by atoms with Crippen LogP contribution >= 0.6 is 0 Å². The minimum atomic E-state index is -4.23.